The third-order valence-electron chi connectivity index (χ3n) is 2.93. The van der Waals surface area contributed by atoms with E-state index in [1.807, 2.05) is 6.07 Å². The molecule has 2 aromatic carbocycles. The van der Waals surface area contributed by atoms with Gasteiger partial charge in [0.05, 0.1) is 17.7 Å². The number of nitriles is 1. The normalized spacial score (nSPS) is 11.8. The quantitative estimate of drug-likeness (QED) is 0.922. The molecule has 0 amide bonds. The van der Waals surface area contributed by atoms with Crippen LogP contribution in [0.2, 0.25) is 0 Å². The molecular weight excluding hydrogens is 257 g/mol. The topological polar surface area (TPSA) is 53.2 Å². The molecular formula is C16H14FNO2. The van der Waals surface area contributed by atoms with Crippen LogP contribution >= 0.6 is 0 Å². The largest absolute Gasteiger partial charge is 0.457 e. The average molecular weight is 271 g/mol. The van der Waals surface area contributed by atoms with Crippen molar-refractivity contribution < 1.29 is 14.2 Å². The lowest BCUT2D eigenvalue weighted by molar-refractivity contribution is 0.195. The maximum absolute atomic E-state index is 13.6. The number of aliphatic hydroxyl groups excluding tert-OH is 1. The molecule has 0 aliphatic rings. The second-order valence-electron chi connectivity index (χ2n) is 4.56. The van der Waals surface area contributed by atoms with Crippen LogP contribution in [0.5, 0.6) is 11.5 Å². The van der Waals surface area contributed by atoms with E-state index >= 15 is 0 Å². The Balaban J connectivity index is 2.42. The standard InChI is InChI=1S/C16H14FNO2/c1-10-6-16(14(11(2)19)8-15(10)17)20-13-5-3-4-12(7-13)9-18/h3-8,11,19H,1-2H3/t11-/m1/s1. The van der Waals surface area contributed by atoms with Crippen LogP contribution in [0.1, 0.15) is 29.7 Å². The zero-order valence-corrected chi connectivity index (χ0v) is 11.2. The van der Waals surface area contributed by atoms with E-state index in [0.717, 1.165) is 0 Å². The maximum atomic E-state index is 13.6. The molecule has 0 aromatic heterocycles. The maximum Gasteiger partial charge on any atom is 0.133 e. The molecule has 2 rings (SSSR count). The van der Waals surface area contributed by atoms with Crippen LogP contribution in [0.4, 0.5) is 4.39 Å². The number of hydrogen-bond donors (Lipinski definition) is 1. The highest BCUT2D eigenvalue weighted by atomic mass is 19.1. The fourth-order valence-corrected chi connectivity index (χ4v) is 1.84. The summed E-state index contributed by atoms with van der Waals surface area (Å²) in [5.74, 6) is 0.463. The van der Waals surface area contributed by atoms with Crippen molar-refractivity contribution in [1.82, 2.24) is 0 Å². The van der Waals surface area contributed by atoms with Crippen molar-refractivity contribution in [2.24, 2.45) is 0 Å². The summed E-state index contributed by atoms with van der Waals surface area (Å²) in [4.78, 5) is 0. The molecule has 102 valence electrons. The number of aryl methyl sites for hydroxylation is 1. The van der Waals surface area contributed by atoms with E-state index in [2.05, 4.69) is 0 Å². The lowest BCUT2D eigenvalue weighted by atomic mass is 10.1. The van der Waals surface area contributed by atoms with E-state index < -0.39 is 6.10 Å². The number of ether oxygens (including phenoxy) is 1. The van der Waals surface area contributed by atoms with Crippen LogP contribution in [0.3, 0.4) is 0 Å². The van der Waals surface area contributed by atoms with Gasteiger partial charge in [-0.2, -0.15) is 5.26 Å². The van der Waals surface area contributed by atoms with Crippen LogP contribution in [-0.4, -0.2) is 5.11 Å². The minimum atomic E-state index is -0.848. The number of hydrogen-bond acceptors (Lipinski definition) is 3. The summed E-state index contributed by atoms with van der Waals surface area (Å²) in [6, 6.07) is 11.5. The van der Waals surface area contributed by atoms with Gasteiger partial charge in [0.2, 0.25) is 0 Å². The van der Waals surface area contributed by atoms with Crippen molar-refractivity contribution in [2.75, 3.05) is 0 Å². The molecule has 4 heteroatoms. The van der Waals surface area contributed by atoms with Gasteiger partial charge in [0.1, 0.15) is 17.3 Å². The first-order valence-corrected chi connectivity index (χ1v) is 6.17. The second kappa shape index (κ2) is 5.72. The van der Waals surface area contributed by atoms with Crippen molar-refractivity contribution in [3.05, 3.63) is 58.9 Å². The van der Waals surface area contributed by atoms with Gasteiger partial charge >= 0.3 is 0 Å². The summed E-state index contributed by atoms with van der Waals surface area (Å²) in [6.45, 7) is 3.17. The van der Waals surface area contributed by atoms with E-state index in [-0.39, 0.29) is 5.82 Å². The van der Waals surface area contributed by atoms with E-state index in [9.17, 15) is 9.50 Å². The Bertz CT molecular complexity index is 675. The lowest BCUT2D eigenvalue weighted by Crippen LogP contribution is -1.99. The molecule has 0 bridgehead atoms. The molecule has 2 aromatic rings. The Kier molecular flexibility index (Phi) is 4.02. The second-order valence-corrected chi connectivity index (χ2v) is 4.56. The van der Waals surface area contributed by atoms with Crippen LogP contribution in [0.25, 0.3) is 0 Å². The summed E-state index contributed by atoms with van der Waals surface area (Å²) in [5.41, 5.74) is 1.27. The monoisotopic (exact) mass is 271 g/mol. The minimum absolute atomic E-state index is 0.371. The van der Waals surface area contributed by atoms with E-state index in [1.165, 1.54) is 12.1 Å². The lowest BCUT2D eigenvalue weighted by Gasteiger charge is -2.14. The first-order chi connectivity index (χ1) is 9.51. The van der Waals surface area contributed by atoms with Gasteiger partial charge in [0, 0.05) is 5.56 Å². The van der Waals surface area contributed by atoms with Crippen LogP contribution < -0.4 is 4.74 Å². The number of halogens is 1. The van der Waals surface area contributed by atoms with Gasteiger partial charge in [-0.3, -0.25) is 0 Å². The van der Waals surface area contributed by atoms with Gasteiger partial charge < -0.3 is 9.84 Å². The van der Waals surface area contributed by atoms with Crippen LogP contribution in [0.15, 0.2) is 36.4 Å². The Morgan fingerprint density at radius 1 is 1.30 bits per heavy atom. The summed E-state index contributed by atoms with van der Waals surface area (Å²) in [5, 5.41) is 18.6. The third-order valence-corrected chi connectivity index (χ3v) is 2.93. The molecule has 0 radical (unpaired) electrons. The summed E-state index contributed by atoms with van der Waals surface area (Å²) >= 11 is 0. The molecule has 20 heavy (non-hydrogen) atoms. The van der Waals surface area contributed by atoms with E-state index in [0.29, 0.717) is 28.2 Å². The summed E-state index contributed by atoms with van der Waals surface area (Å²) in [7, 11) is 0. The average Bonchev–Trinajstić information content (AvgIpc) is 2.42. The Hall–Kier alpha value is -2.38. The van der Waals surface area contributed by atoms with Crippen molar-refractivity contribution in [3.63, 3.8) is 0 Å². The fraction of sp³-hybridized carbons (Fsp3) is 0.188. The van der Waals surface area contributed by atoms with E-state index in [1.54, 1.807) is 38.1 Å². The molecule has 0 aliphatic heterocycles. The number of benzene rings is 2. The molecule has 0 saturated carbocycles. The minimum Gasteiger partial charge on any atom is -0.457 e. The highest BCUT2D eigenvalue weighted by molar-refractivity contribution is 5.44. The Labute approximate surface area is 116 Å². The molecule has 1 atom stereocenters. The highest BCUT2D eigenvalue weighted by Crippen LogP contribution is 2.32. The SMILES string of the molecule is Cc1cc(Oc2cccc(C#N)c2)c([C@@H](C)O)cc1F. The van der Waals surface area contributed by atoms with Crippen molar-refractivity contribution in [2.45, 2.75) is 20.0 Å². The number of aliphatic hydroxyl groups is 1. The van der Waals surface area contributed by atoms with Gasteiger partial charge in [-0.15, -0.1) is 0 Å². The zero-order chi connectivity index (χ0) is 14.7. The molecule has 1 N–H and O–H groups in total. The molecule has 0 aliphatic carbocycles. The van der Waals surface area contributed by atoms with Gasteiger partial charge in [-0.1, -0.05) is 6.07 Å². The first kappa shape index (κ1) is 14.0. The van der Waals surface area contributed by atoms with Gasteiger partial charge in [0.15, 0.2) is 0 Å². The van der Waals surface area contributed by atoms with Gasteiger partial charge in [-0.25, -0.2) is 4.39 Å². The molecule has 0 spiro atoms. The molecule has 0 fully saturated rings. The predicted molar refractivity (Wildman–Crippen MR) is 73.0 cm³/mol. The van der Waals surface area contributed by atoms with Crippen molar-refractivity contribution in [3.8, 4) is 17.6 Å². The third kappa shape index (κ3) is 2.95. The summed E-state index contributed by atoms with van der Waals surface area (Å²) < 4.78 is 19.2. The fourth-order valence-electron chi connectivity index (χ4n) is 1.84. The van der Waals surface area contributed by atoms with Crippen LogP contribution in [-0.2, 0) is 0 Å². The van der Waals surface area contributed by atoms with Crippen LogP contribution in [0, 0.1) is 24.1 Å². The first-order valence-electron chi connectivity index (χ1n) is 6.17. The molecule has 0 saturated heterocycles. The smallest absolute Gasteiger partial charge is 0.133 e. The molecule has 0 unspecified atom stereocenters. The van der Waals surface area contributed by atoms with Crippen molar-refractivity contribution >= 4 is 0 Å². The predicted octanol–water partition coefficient (Wildman–Crippen LogP) is 3.85. The highest BCUT2D eigenvalue weighted by Gasteiger charge is 2.14. The zero-order valence-electron chi connectivity index (χ0n) is 11.2. The molecule has 3 nitrogen and oxygen atoms in total. The molecule has 0 heterocycles. The number of nitrogens with zero attached hydrogens (tertiary/aromatic N) is 1. The van der Waals surface area contributed by atoms with Gasteiger partial charge in [-0.05, 0) is 49.7 Å². The number of rotatable bonds is 3. The Morgan fingerprint density at radius 3 is 2.70 bits per heavy atom. The van der Waals surface area contributed by atoms with Gasteiger partial charge in [0.25, 0.3) is 0 Å². The Morgan fingerprint density at radius 2 is 2.05 bits per heavy atom. The van der Waals surface area contributed by atoms with Crippen molar-refractivity contribution in [1.29, 1.82) is 5.26 Å². The summed E-state index contributed by atoms with van der Waals surface area (Å²) in [6.07, 6.45) is -0.848. The van der Waals surface area contributed by atoms with E-state index in [4.69, 9.17) is 10.00 Å².